The Morgan fingerprint density at radius 3 is 2.57 bits per heavy atom. The standard InChI is InChI=1S/C10H18O4/c1-9(2)10(12)14-8-7-13-6-4-3-5-11/h11H,1,3-8H2,2H3. The minimum Gasteiger partial charge on any atom is -0.460 e. The summed E-state index contributed by atoms with van der Waals surface area (Å²) in [5, 5.41) is 8.47. The molecule has 82 valence electrons. The van der Waals surface area contributed by atoms with Crippen LogP contribution < -0.4 is 0 Å². The molecule has 0 atom stereocenters. The molecule has 0 amide bonds. The van der Waals surface area contributed by atoms with Crippen molar-refractivity contribution in [3.63, 3.8) is 0 Å². The van der Waals surface area contributed by atoms with Crippen LogP contribution in [0.25, 0.3) is 0 Å². The van der Waals surface area contributed by atoms with Crippen molar-refractivity contribution >= 4 is 5.97 Å². The molecule has 0 bridgehead atoms. The highest BCUT2D eigenvalue weighted by atomic mass is 16.6. The highest BCUT2D eigenvalue weighted by Gasteiger charge is 2.01. The first-order valence-corrected chi connectivity index (χ1v) is 4.69. The zero-order valence-electron chi connectivity index (χ0n) is 8.62. The Labute approximate surface area is 84.5 Å². The van der Waals surface area contributed by atoms with Crippen molar-refractivity contribution in [3.05, 3.63) is 12.2 Å². The van der Waals surface area contributed by atoms with Crippen molar-refractivity contribution in [2.24, 2.45) is 0 Å². The molecule has 4 heteroatoms. The molecule has 0 aromatic rings. The van der Waals surface area contributed by atoms with Gasteiger partial charge in [-0.05, 0) is 19.8 Å². The summed E-state index contributed by atoms with van der Waals surface area (Å²) in [5.41, 5.74) is 0.394. The Bertz CT molecular complexity index is 177. The maximum Gasteiger partial charge on any atom is 0.333 e. The largest absolute Gasteiger partial charge is 0.460 e. The van der Waals surface area contributed by atoms with Crippen molar-refractivity contribution in [2.75, 3.05) is 26.4 Å². The van der Waals surface area contributed by atoms with E-state index in [0.717, 1.165) is 12.8 Å². The van der Waals surface area contributed by atoms with Crippen molar-refractivity contribution < 1.29 is 19.4 Å². The van der Waals surface area contributed by atoms with Crippen LogP contribution >= 0.6 is 0 Å². The summed E-state index contributed by atoms with van der Waals surface area (Å²) in [6.07, 6.45) is 1.57. The summed E-state index contributed by atoms with van der Waals surface area (Å²) in [4.78, 5) is 10.9. The van der Waals surface area contributed by atoms with Crippen LogP contribution in [0, 0.1) is 0 Å². The Hall–Kier alpha value is -0.870. The van der Waals surface area contributed by atoms with Crippen LogP contribution in [0.5, 0.6) is 0 Å². The molecule has 0 fully saturated rings. The normalized spacial score (nSPS) is 9.86. The summed E-state index contributed by atoms with van der Waals surface area (Å²) in [6, 6.07) is 0. The van der Waals surface area contributed by atoms with Crippen LogP contribution in [0.15, 0.2) is 12.2 Å². The van der Waals surface area contributed by atoms with Gasteiger partial charge in [0.25, 0.3) is 0 Å². The molecular formula is C10H18O4. The van der Waals surface area contributed by atoms with Crippen LogP contribution in [0.2, 0.25) is 0 Å². The third kappa shape index (κ3) is 7.76. The zero-order chi connectivity index (χ0) is 10.8. The lowest BCUT2D eigenvalue weighted by Crippen LogP contribution is -2.11. The monoisotopic (exact) mass is 202 g/mol. The van der Waals surface area contributed by atoms with E-state index in [-0.39, 0.29) is 19.2 Å². The molecule has 0 aliphatic rings. The van der Waals surface area contributed by atoms with Gasteiger partial charge in [-0.15, -0.1) is 0 Å². The lowest BCUT2D eigenvalue weighted by Gasteiger charge is -2.05. The number of ether oxygens (including phenoxy) is 2. The zero-order valence-corrected chi connectivity index (χ0v) is 8.62. The first-order chi connectivity index (χ1) is 6.68. The van der Waals surface area contributed by atoms with Gasteiger partial charge in [-0.3, -0.25) is 0 Å². The fraction of sp³-hybridized carbons (Fsp3) is 0.700. The third-order valence-electron chi connectivity index (χ3n) is 1.51. The van der Waals surface area contributed by atoms with E-state index in [2.05, 4.69) is 6.58 Å². The lowest BCUT2D eigenvalue weighted by molar-refractivity contribution is -0.140. The second-order valence-electron chi connectivity index (χ2n) is 2.96. The average Bonchev–Trinajstić information content (AvgIpc) is 2.16. The summed E-state index contributed by atoms with van der Waals surface area (Å²) >= 11 is 0. The third-order valence-corrected chi connectivity index (χ3v) is 1.51. The molecule has 0 aromatic carbocycles. The molecule has 14 heavy (non-hydrogen) atoms. The molecule has 4 nitrogen and oxygen atoms in total. The van der Waals surface area contributed by atoms with Crippen LogP contribution in [0.1, 0.15) is 19.8 Å². The highest BCUT2D eigenvalue weighted by molar-refractivity contribution is 5.86. The van der Waals surface area contributed by atoms with E-state index in [1.807, 2.05) is 0 Å². The summed E-state index contributed by atoms with van der Waals surface area (Å²) in [7, 11) is 0. The molecule has 1 N–H and O–H groups in total. The minimum absolute atomic E-state index is 0.188. The fourth-order valence-corrected chi connectivity index (χ4v) is 0.734. The molecule has 0 rings (SSSR count). The minimum atomic E-state index is -0.385. The van der Waals surface area contributed by atoms with E-state index >= 15 is 0 Å². The maximum absolute atomic E-state index is 10.9. The maximum atomic E-state index is 10.9. The van der Waals surface area contributed by atoms with Gasteiger partial charge in [0.05, 0.1) is 6.61 Å². The number of aliphatic hydroxyl groups is 1. The van der Waals surface area contributed by atoms with Gasteiger partial charge < -0.3 is 14.6 Å². The second kappa shape index (κ2) is 8.72. The van der Waals surface area contributed by atoms with Crippen molar-refractivity contribution in [1.29, 1.82) is 0 Å². The molecule has 0 heterocycles. The van der Waals surface area contributed by atoms with Gasteiger partial charge >= 0.3 is 5.97 Å². The molecular weight excluding hydrogens is 184 g/mol. The number of carbonyl (C=O) groups excluding carboxylic acids is 1. The van der Waals surface area contributed by atoms with E-state index in [0.29, 0.717) is 18.8 Å². The number of hydrogen-bond acceptors (Lipinski definition) is 4. The van der Waals surface area contributed by atoms with Crippen molar-refractivity contribution in [2.45, 2.75) is 19.8 Å². The van der Waals surface area contributed by atoms with Gasteiger partial charge in [0.1, 0.15) is 6.61 Å². The Morgan fingerprint density at radius 2 is 2.00 bits per heavy atom. The molecule has 0 aliphatic heterocycles. The quantitative estimate of drug-likeness (QED) is 0.361. The van der Waals surface area contributed by atoms with Gasteiger partial charge in [0.2, 0.25) is 0 Å². The topological polar surface area (TPSA) is 55.8 Å². The van der Waals surface area contributed by atoms with Crippen molar-refractivity contribution in [1.82, 2.24) is 0 Å². The Balaban J connectivity index is 3.13. The van der Waals surface area contributed by atoms with E-state index in [4.69, 9.17) is 14.6 Å². The van der Waals surface area contributed by atoms with Gasteiger partial charge in [0.15, 0.2) is 0 Å². The molecule has 0 aliphatic carbocycles. The van der Waals surface area contributed by atoms with Crippen LogP contribution in [0.3, 0.4) is 0 Å². The number of aliphatic hydroxyl groups excluding tert-OH is 1. The van der Waals surface area contributed by atoms with E-state index in [1.165, 1.54) is 0 Å². The molecule has 0 unspecified atom stereocenters. The smallest absolute Gasteiger partial charge is 0.333 e. The Morgan fingerprint density at radius 1 is 1.29 bits per heavy atom. The van der Waals surface area contributed by atoms with Gasteiger partial charge in [-0.25, -0.2) is 4.79 Å². The van der Waals surface area contributed by atoms with Gasteiger partial charge in [0, 0.05) is 18.8 Å². The first-order valence-electron chi connectivity index (χ1n) is 4.69. The van der Waals surface area contributed by atoms with E-state index in [9.17, 15) is 4.79 Å². The second-order valence-corrected chi connectivity index (χ2v) is 2.96. The molecule has 0 saturated carbocycles. The molecule has 0 radical (unpaired) electrons. The first kappa shape index (κ1) is 13.1. The number of carbonyl (C=O) groups is 1. The highest BCUT2D eigenvalue weighted by Crippen LogP contribution is 1.92. The summed E-state index contributed by atoms with van der Waals surface area (Å²) < 4.78 is 9.94. The van der Waals surface area contributed by atoms with E-state index < -0.39 is 0 Å². The van der Waals surface area contributed by atoms with Gasteiger partial charge in [-0.2, -0.15) is 0 Å². The molecule has 0 saturated heterocycles. The van der Waals surface area contributed by atoms with Gasteiger partial charge in [-0.1, -0.05) is 6.58 Å². The van der Waals surface area contributed by atoms with Crippen LogP contribution in [-0.4, -0.2) is 37.5 Å². The Kier molecular flexibility index (Phi) is 8.17. The summed E-state index contributed by atoms with van der Waals surface area (Å²) in [6.45, 7) is 6.48. The molecule has 0 aromatic heterocycles. The number of rotatable bonds is 8. The fourth-order valence-electron chi connectivity index (χ4n) is 0.734. The van der Waals surface area contributed by atoms with Crippen LogP contribution in [0.4, 0.5) is 0 Å². The van der Waals surface area contributed by atoms with E-state index in [1.54, 1.807) is 6.92 Å². The predicted molar refractivity (Wildman–Crippen MR) is 52.9 cm³/mol. The van der Waals surface area contributed by atoms with Crippen molar-refractivity contribution in [3.8, 4) is 0 Å². The predicted octanol–water partition coefficient (Wildman–Crippen LogP) is 0.895. The average molecular weight is 202 g/mol. The number of esters is 1. The number of unbranched alkanes of at least 4 members (excludes halogenated alkanes) is 1. The molecule has 0 spiro atoms. The lowest BCUT2D eigenvalue weighted by atomic mass is 10.3. The number of hydrogen-bond donors (Lipinski definition) is 1. The van der Waals surface area contributed by atoms with Crippen LogP contribution in [-0.2, 0) is 14.3 Å². The summed E-state index contributed by atoms with van der Waals surface area (Å²) in [5.74, 6) is -0.385. The SMILES string of the molecule is C=C(C)C(=O)OCCOCCCCO.